The zero-order valence-corrected chi connectivity index (χ0v) is 13.1. The molecule has 1 fully saturated rings. The first kappa shape index (κ1) is 16.9. The number of likely N-dealkylation sites (tertiary alicyclic amines) is 1. The highest BCUT2D eigenvalue weighted by Gasteiger charge is 2.19. The number of halogens is 1. The standard InChI is InChI=1S/C14H14ClN3O5/c1-9(19)17-6-4-10(5-7-17)16-23-14(20)12-3-2-11(18(21)22)8-13(12)15/h2-3,8H,4-7H2,1H3. The van der Waals surface area contributed by atoms with Gasteiger partial charge in [0.2, 0.25) is 5.91 Å². The van der Waals surface area contributed by atoms with Gasteiger partial charge in [0.1, 0.15) is 0 Å². The molecular weight excluding hydrogens is 326 g/mol. The Hall–Kier alpha value is -2.48. The summed E-state index contributed by atoms with van der Waals surface area (Å²) in [6.45, 7) is 2.56. The molecule has 0 radical (unpaired) electrons. The minimum atomic E-state index is -0.786. The Morgan fingerprint density at radius 2 is 2.00 bits per heavy atom. The molecular formula is C14H14ClN3O5. The van der Waals surface area contributed by atoms with E-state index in [1.165, 1.54) is 19.1 Å². The van der Waals surface area contributed by atoms with Crippen LogP contribution in [0.2, 0.25) is 5.02 Å². The Labute approximate surface area is 136 Å². The van der Waals surface area contributed by atoms with Crippen LogP contribution in [0, 0.1) is 10.1 Å². The topological polar surface area (TPSA) is 102 Å². The molecule has 0 N–H and O–H groups in total. The van der Waals surface area contributed by atoms with Crippen LogP contribution in [0.4, 0.5) is 5.69 Å². The van der Waals surface area contributed by atoms with Gasteiger partial charge in [-0.3, -0.25) is 14.9 Å². The van der Waals surface area contributed by atoms with E-state index in [1.807, 2.05) is 0 Å². The van der Waals surface area contributed by atoms with Crippen LogP contribution in [0.5, 0.6) is 0 Å². The molecule has 0 unspecified atom stereocenters. The summed E-state index contributed by atoms with van der Waals surface area (Å²) < 4.78 is 0. The maximum atomic E-state index is 11.9. The highest BCUT2D eigenvalue weighted by Crippen LogP contribution is 2.23. The molecule has 1 aromatic carbocycles. The maximum Gasteiger partial charge on any atom is 0.367 e. The number of amides is 1. The van der Waals surface area contributed by atoms with Crippen molar-refractivity contribution in [1.82, 2.24) is 4.90 Å². The summed E-state index contributed by atoms with van der Waals surface area (Å²) in [7, 11) is 0. The first-order valence-electron chi connectivity index (χ1n) is 6.85. The van der Waals surface area contributed by atoms with E-state index in [0.29, 0.717) is 31.6 Å². The lowest BCUT2D eigenvalue weighted by Crippen LogP contribution is -2.37. The molecule has 0 spiro atoms. The molecule has 122 valence electrons. The smallest absolute Gasteiger partial charge is 0.342 e. The summed E-state index contributed by atoms with van der Waals surface area (Å²) in [6, 6.07) is 3.47. The third kappa shape index (κ3) is 4.26. The van der Waals surface area contributed by atoms with Crippen molar-refractivity contribution in [3.05, 3.63) is 38.9 Å². The lowest BCUT2D eigenvalue weighted by molar-refractivity contribution is -0.384. The third-order valence-corrected chi connectivity index (χ3v) is 3.74. The van der Waals surface area contributed by atoms with Gasteiger partial charge in [0.15, 0.2) is 0 Å². The van der Waals surface area contributed by atoms with E-state index in [1.54, 1.807) is 4.90 Å². The monoisotopic (exact) mass is 339 g/mol. The molecule has 1 amide bonds. The average molecular weight is 340 g/mol. The summed E-state index contributed by atoms with van der Waals surface area (Å²) in [5.41, 5.74) is 0.464. The summed E-state index contributed by atoms with van der Waals surface area (Å²) in [5.74, 6) is -0.787. The van der Waals surface area contributed by atoms with E-state index >= 15 is 0 Å². The van der Waals surface area contributed by atoms with E-state index in [0.717, 1.165) is 6.07 Å². The predicted molar refractivity (Wildman–Crippen MR) is 82.4 cm³/mol. The molecule has 1 saturated heterocycles. The first-order valence-corrected chi connectivity index (χ1v) is 7.23. The fourth-order valence-electron chi connectivity index (χ4n) is 2.11. The molecule has 1 aromatic rings. The Balaban J connectivity index is 1.99. The van der Waals surface area contributed by atoms with Crippen molar-refractivity contribution in [1.29, 1.82) is 0 Å². The summed E-state index contributed by atoms with van der Waals surface area (Å²) in [5, 5.41) is 14.3. The summed E-state index contributed by atoms with van der Waals surface area (Å²) in [4.78, 5) is 39.7. The molecule has 0 aromatic heterocycles. The number of piperidine rings is 1. The van der Waals surface area contributed by atoms with Gasteiger partial charge in [0, 0.05) is 45.0 Å². The van der Waals surface area contributed by atoms with Crippen LogP contribution in [0.3, 0.4) is 0 Å². The van der Waals surface area contributed by atoms with Crippen LogP contribution >= 0.6 is 11.6 Å². The van der Waals surface area contributed by atoms with Crippen LogP contribution in [0.25, 0.3) is 0 Å². The van der Waals surface area contributed by atoms with Crippen molar-refractivity contribution < 1.29 is 19.3 Å². The lowest BCUT2D eigenvalue weighted by Gasteiger charge is -2.25. The van der Waals surface area contributed by atoms with E-state index in [2.05, 4.69) is 5.16 Å². The van der Waals surface area contributed by atoms with Crippen molar-refractivity contribution in [3.8, 4) is 0 Å². The maximum absolute atomic E-state index is 11.9. The number of benzene rings is 1. The largest absolute Gasteiger partial charge is 0.367 e. The highest BCUT2D eigenvalue weighted by molar-refractivity contribution is 6.33. The van der Waals surface area contributed by atoms with E-state index in [9.17, 15) is 19.7 Å². The molecule has 0 saturated carbocycles. The minimum absolute atomic E-state index is 0.00120. The number of non-ortho nitro benzene ring substituents is 1. The second kappa shape index (κ2) is 7.19. The Kier molecular flexibility index (Phi) is 5.28. The van der Waals surface area contributed by atoms with Gasteiger partial charge < -0.3 is 9.74 Å². The summed E-state index contributed by atoms with van der Waals surface area (Å²) >= 11 is 5.85. The molecule has 1 heterocycles. The number of nitrogens with zero attached hydrogens (tertiary/aromatic N) is 3. The predicted octanol–water partition coefficient (Wildman–Crippen LogP) is 2.40. The number of carbonyl (C=O) groups is 2. The zero-order valence-electron chi connectivity index (χ0n) is 12.3. The fraction of sp³-hybridized carbons (Fsp3) is 0.357. The van der Waals surface area contributed by atoms with Gasteiger partial charge in [-0.2, -0.15) is 0 Å². The number of nitro groups is 1. The molecule has 9 heteroatoms. The normalized spacial score (nSPS) is 14.3. The minimum Gasteiger partial charge on any atom is -0.342 e. The number of rotatable bonds is 3. The van der Waals surface area contributed by atoms with Crippen LogP contribution in [0.1, 0.15) is 30.1 Å². The Bertz CT molecular complexity index is 679. The quantitative estimate of drug-likeness (QED) is 0.478. The second-order valence-electron chi connectivity index (χ2n) is 4.96. The van der Waals surface area contributed by atoms with Crippen LogP contribution < -0.4 is 0 Å². The SMILES string of the molecule is CC(=O)N1CCC(=NOC(=O)c2ccc([N+](=O)[O-])cc2Cl)CC1. The van der Waals surface area contributed by atoms with Crippen LogP contribution in [-0.4, -0.2) is 40.5 Å². The molecule has 8 nitrogen and oxygen atoms in total. The Morgan fingerprint density at radius 3 is 2.52 bits per heavy atom. The molecule has 1 aliphatic heterocycles. The second-order valence-corrected chi connectivity index (χ2v) is 5.37. The zero-order chi connectivity index (χ0) is 17.0. The van der Waals surface area contributed by atoms with Gasteiger partial charge in [0.05, 0.1) is 21.2 Å². The number of hydrogen-bond donors (Lipinski definition) is 0. The van der Waals surface area contributed by atoms with Crippen molar-refractivity contribution in [2.24, 2.45) is 5.16 Å². The van der Waals surface area contributed by atoms with Gasteiger partial charge in [-0.05, 0) is 6.07 Å². The third-order valence-electron chi connectivity index (χ3n) is 3.43. The van der Waals surface area contributed by atoms with Crippen molar-refractivity contribution in [3.63, 3.8) is 0 Å². The van der Waals surface area contributed by atoms with E-state index < -0.39 is 10.9 Å². The average Bonchev–Trinajstić information content (AvgIpc) is 2.52. The van der Waals surface area contributed by atoms with Crippen LogP contribution in [0.15, 0.2) is 23.4 Å². The van der Waals surface area contributed by atoms with E-state index in [-0.39, 0.29) is 22.2 Å². The molecule has 23 heavy (non-hydrogen) atoms. The van der Waals surface area contributed by atoms with E-state index in [4.69, 9.17) is 16.4 Å². The number of carbonyl (C=O) groups excluding carboxylic acids is 2. The Morgan fingerprint density at radius 1 is 1.35 bits per heavy atom. The lowest BCUT2D eigenvalue weighted by atomic mass is 10.1. The molecule has 1 aliphatic rings. The van der Waals surface area contributed by atoms with Gasteiger partial charge in [-0.25, -0.2) is 4.79 Å². The number of oxime groups is 1. The molecule has 0 aliphatic carbocycles. The van der Waals surface area contributed by atoms with Gasteiger partial charge >= 0.3 is 5.97 Å². The molecule has 0 atom stereocenters. The van der Waals surface area contributed by atoms with Crippen molar-refractivity contribution in [2.75, 3.05) is 13.1 Å². The van der Waals surface area contributed by atoms with Crippen molar-refractivity contribution >= 4 is 34.9 Å². The van der Waals surface area contributed by atoms with Crippen molar-refractivity contribution in [2.45, 2.75) is 19.8 Å². The van der Waals surface area contributed by atoms with Gasteiger partial charge in [-0.15, -0.1) is 0 Å². The molecule has 2 rings (SSSR count). The fourth-order valence-corrected chi connectivity index (χ4v) is 2.36. The summed E-state index contributed by atoms with van der Waals surface area (Å²) in [6.07, 6.45) is 1.06. The number of hydrogen-bond acceptors (Lipinski definition) is 6. The number of nitro benzene ring substituents is 1. The van der Waals surface area contributed by atoms with Gasteiger partial charge in [0.25, 0.3) is 5.69 Å². The first-order chi connectivity index (χ1) is 10.9. The highest BCUT2D eigenvalue weighted by atomic mass is 35.5. The van der Waals surface area contributed by atoms with Gasteiger partial charge in [-0.1, -0.05) is 16.8 Å². The van der Waals surface area contributed by atoms with Crippen LogP contribution in [-0.2, 0) is 9.63 Å². The molecule has 0 bridgehead atoms.